The molecule has 21 heavy (non-hydrogen) atoms. The van der Waals surface area contributed by atoms with Gasteiger partial charge in [-0.15, -0.1) is 0 Å². The Kier molecular flexibility index (Phi) is 4.00. The van der Waals surface area contributed by atoms with Crippen molar-refractivity contribution in [2.24, 2.45) is 0 Å². The molecule has 3 rings (SSSR count). The van der Waals surface area contributed by atoms with Gasteiger partial charge in [0.15, 0.2) is 0 Å². The van der Waals surface area contributed by atoms with Crippen molar-refractivity contribution in [3.63, 3.8) is 0 Å². The summed E-state index contributed by atoms with van der Waals surface area (Å²) in [6.07, 6.45) is 5.11. The molecule has 2 aromatic heterocycles. The number of anilines is 1. The van der Waals surface area contributed by atoms with Gasteiger partial charge in [-0.1, -0.05) is 38.5 Å². The first-order valence-corrected chi connectivity index (χ1v) is 7.74. The average Bonchev–Trinajstić information content (AvgIpc) is 2.53. The molecule has 0 aliphatic heterocycles. The largest absolute Gasteiger partial charge is 0.370 e. The lowest BCUT2D eigenvalue weighted by Gasteiger charge is -2.12. The first kappa shape index (κ1) is 13.8. The number of aryl methyl sites for hydroxylation is 1. The monoisotopic (exact) mass is 279 g/mol. The third kappa shape index (κ3) is 2.68. The van der Waals surface area contributed by atoms with Crippen molar-refractivity contribution in [3.05, 3.63) is 42.1 Å². The van der Waals surface area contributed by atoms with Crippen LogP contribution in [0.5, 0.6) is 0 Å². The predicted molar refractivity (Wildman–Crippen MR) is 89.8 cm³/mol. The number of benzene rings is 1. The third-order valence-corrected chi connectivity index (χ3v) is 3.70. The fraction of sp³-hybridized carbons (Fsp3) is 0.333. The molecule has 0 saturated heterocycles. The fourth-order valence-electron chi connectivity index (χ4n) is 2.68. The second kappa shape index (κ2) is 6.08. The Morgan fingerprint density at radius 3 is 2.67 bits per heavy atom. The zero-order chi connectivity index (χ0) is 14.7. The molecule has 1 N–H and O–H groups in total. The molecule has 1 aromatic carbocycles. The number of rotatable bonds is 5. The minimum Gasteiger partial charge on any atom is -0.370 e. The van der Waals surface area contributed by atoms with Crippen molar-refractivity contribution in [2.75, 3.05) is 11.9 Å². The van der Waals surface area contributed by atoms with Crippen LogP contribution in [-0.2, 0) is 6.42 Å². The standard InChI is InChI=1S/C18H21N3/c1-3-6-15-12-14-9-8-13-7-5-11-19-16(13)17(14)21-18(15)20-10-4-2/h5,7-9,11-12H,3-4,6,10H2,1-2H3,(H,20,21). The number of fused-ring (bicyclic) bond motifs is 3. The zero-order valence-corrected chi connectivity index (χ0v) is 12.7. The number of hydrogen-bond acceptors (Lipinski definition) is 3. The van der Waals surface area contributed by atoms with E-state index in [0.29, 0.717) is 0 Å². The van der Waals surface area contributed by atoms with E-state index in [4.69, 9.17) is 4.98 Å². The lowest BCUT2D eigenvalue weighted by atomic mass is 10.1. The van der Waals surface area contributed by atoms with Gasteiger partial charge in [0.05, 0.1) is 11.0 Å². The minimum atomic E-state index is 0.952. The van der Waals surface area contributed by atoms with Crippen LogP contribution < -0.4 is 5.32 Å². The summed E-state index contributed by atoms with van der Waals surface area (Å²) in [5.41, 5.74) is 3.28. The van der Waals surface area contributed by atoms with Crippen molar-refractivity contribution >= 4 is 27.6 Å². The van der Waals surface area contributed by atoms with Crippen molar-refractivity contribution in [3.8, 4) is 0 Å². The number of aromatic nitrogens is 2. The Morgan fingerprint density at radius 2 is 1.86 bits per heavy atom. The Morgan fingerprint density at radius 1 is 1.00 bits per heavy atom. The SMILES string of the molecule is CCCNc1nc2c(ccc3cccnc32)cc1CCC. The van der Waals surface area contributed by atoms with Gasteiger partial charge in [0.1, 0.15) is 5.82 Å². The van der Waals surface area contributed by atoms with Crippen LogP contribution in [0.25, 0.3) is 21.8 Å². The molecule has 0 aliphatic carbocycles. The summed E-state index contributed by atoms with van der Waals surface area (Å²) >= 11 is 0. The third-order valence-electron chi connectivity index (χ3n) is 3.70. The number of hydrogen-bond donors (Lipinski definition) is 1. The van der Waals surface area contributed by atoms with E-state index in [1.807, 2.05) is 12.3 Å². The Balaban J connectivity index is 2.21. The summed E-state index contributed by atoms with van der Waals surface area (Å²) in [6.45, 7) is 5.33. The first-order chi connectivity index (χ1) is 10.3. The summed E-state index contributed by atoms with van der Waals surface area (Å²) in [5.74, 6) is 1.02. The molecule has 3 aromatic rings. The van der Waals surface area contributed by atoms with Crippen molar-refractivity contribution in [2.45, 2.75) is 33.1 Å². The van der Waals surface area contributed by atoms with Crippen molar-refractivity contribution in [1.82, 2.24) is 9.97 Å². The second-order valence-corrected chi connectivity index (χ2v) is 5.39. The van der Waals surface area contributed by atoms with E-state index < -0.39 is 0 Å². The van der Waals surface area contributed by atoms with Crippen LogP contribution in [0, 0.1) is 0 Å². The molecule has 108 valence electrons. The molecular weight excluding hydrogens is 258 g/mol. The van der Waals surface area contributed by atoms with E-state index in [1.165, 1.54) is 10.9 Å². The fourth-order valence-corrected chi connectivity index (χ4v) is 2.68. The molecule has 3 nitrogen and oxygen atoms in total. The maximum absolute atomic E-state index is 4.89. The van der Waals surface area contributed by atoms with Gasteiger partial charge in [0.25, 0.3) is 0 Å². The number of pyridine rings is 2. The quantitative estimate of drug-likeness (QED) is 0.696. The van der Waals surface area contributed by atoms with Gasteiger partial charge in [-0.05, 0) is 30.5 Å². The van der Waals surface area contributed by atoms with Crippen LogP contribution >= 0.6 is 0 Å². The maximum atomic E-state index is 4.89. The normalized spacial score (nSPS) is 11.1. The van der Waals surface area contributed by atoms with Gasteiger partial charge in [-0.3, -0.25) is 4.98 Å². The van der Waals surface area contributed by atoms with Crippen LogP contribution in [-0.4, -0.2) is 16.5 Å². The molecular formula is C18H21N3. The summed E-state index contributed by atoms with van der Waals surface area (Å²) in [5, 5.41) is 5.78. The lowest BCUT2D eigenvalue weighted by molar-refractivity contribution is 0.906. The van der Waals surface area contributed by atoms with E-state index in [2.05, 4.69) is 48.4 Å². The second-order valence-electron chi connectivity index (χ2n) is 5.39. The van der Waals surface area contributed by atoms with Crippen LogP contribution in [0.2, 0.25) is 0 Å². The van der Waals surface area contributed by atoms with Crippen LogP contribution in [0.4, 0.5) is 5.82 Å². The molecule has 0 saturated carbocycles. The smallest absolute Gasteiger partial charge is 0.129 e. The van der Waals surface area contributed by atoms with E-state index in [0.717, 1.165) is 48.0 Å². The maximum Gasteiger partial charge on any atom is 0.129 e. The van der Waals surface area contributed by atoms with Crippen LogP contribution in [0.3, 0.4) is 0 Å². The highest BCUT2D eigenvalue weighted by atomic mass is 15.0. The Labute approximate surface area is 125 Å². The number of nitrogens with one attached hydrogen (secondary N) is 1. The summed E-state index contributed by atoms with van der Waals surface area (Å²) < 4.78 is 0. The van der Waals surface area contributed by atoms with Gasteiger partial charge in [-0.2, -0.15) is 0 Å². The van der Waals surface area contributed by atoms with Gasteiger partial charge in [-0.25, -0.2) is 4.98 Å². The van der Waals surface area contributed by atoms with E-state index in [9.17, 15) is 0 Å². The van der Waals surface area contributed by atoms with Crippen molar-refractivity contribution in [1.29, 1.82) is 0 Å². The molecule has 0 unspecified atom stereocenters. The average molecular weight is 279 g/mol. The van der Waals surface area contributed by atoms with Gasteiger partial charge in [0, 0.05) is 23.5 Å². The molecule has 0 radical (unpaired) electrons. The Bertz CT molecular complexity index is 765. The zero-order valence-electron chi connectivity index (χ0n) is 12.7. The van der Waals surface area contributed by atoms with Crippen LogP contribution in [0.15, 0.2) is 36.5 Å². The van der Waals surface area contributed by atoms with E-state index in [-0.39, 0.29) is 0 Å². The summed E-state index contributed by atoms with van der Waals surface area (Å²) in [4.78, 5) is 9.40. The minimum absolute atomic E-state index is 0.952. The van der Waals surface area contributed by atoms with E-state index >= 15 is 0 Å². The highest BCUT2D eigenvalue weighted by molar-refractivity contribution is 6.03. The molecule has 2 heterocycles. The van der Waals surface area contributed by atoms with Gasteiger partial charge < -0.3 is 5.32 Å². The molecule has 0 atom stereocenters. The molecule has 0 bridgehead atoms. The van der Waals surface area contributed by atoms with E-state index in [1.54, 1.807) is 0 Å². The molecule has 3 heteroatoms. The topological polar surface area (TPSA) is 37.8 Å². The predicted octanol–water partition coefficient (Wildman–Crippen LogP) is 4.56. The first-order valence-electron chi connectivity index (χ1n) is 7.74. The highest BCUT2D eigenvalue weighted by Crippen LogP contribution is 2.27. The molecule has 0 aliphatic rings. The lowest BCUT2D eigenvalue weighted by Crippen LogP contribution is -2.06. The highest BCUT2D eigenvalue weighted by Gasteiger charge is 2.09. The Hall–Kier alpha value is -2.16. The van der Waals surface area contributed by atoms with Gasteiger partial charge in [0.2, 0.25) is 0 Å². The van der Waals surface area contributed by atoms with Crippen molar-refractivity contribution < 1.29 is 0 Å². The molecule has 0 spiro atoms. The van der Waals surface area contributed by atoms with Crippen LogP contribution in [0.1, 0.15) is 32.3 Å². The molecule has 0 fully saturated rings. The number of nitrogens with zero attached hydrogens (tertiary/aromatic N) is 2. The summed E-state index contributed by atoms with van der Waals surface area (Å²) in [7, 11) is 0. The summed E-state index contributed by atoms with van der Waals surface area (Å²) in [6, 6.07) is 10.6. The molecule has 0 amide bonds. The van der Waals surface area contributed by atoms with Gasteiger partial charge >= 0.3 is 0 Å².